The lowest BCUT2D eigenvalue weighted by Crippen LogP contribution is -2.40. The molecule has 0 saturated carbocycles. The zero-order valence-electron chi connectivity index (χ0n) is 13.1. The Morgan fingerprint density at radius 2 is 2.29 bits per heavy atom. The molecule has 5 nitrogen and oxygen atoms in total. The maximum Gasteiger partial charge on any atom is 0.317 e. The molecule has 0 unspecified atom stereocenters. The second-order valence-corrected chi connectivity index (χ2v) is 5.57. The summed E-state index contributed by atoms with van der Waals surface area (Å²) >= 11 is 0. The molecule has 0 bridgehead atoms. The Hall–Kier alpha value is -1.75. The number of hydrogen-bond acceptors (Lipinski definition) is 3. The molecule has 116 valence electrons. The molecule has 1 fully saturated rings. The highest BCUT2D eigenvalue weighted by Gasteiger charge is 2.29. The van der Waals surface area contributed by atoms with Crippen LogP contribution in [0.3, 0.4) is 0 Å². The summed E-state index contributed by atoms with van der Waals surface area (Å²) in [7, 11) is 5.70. The van der Waals surface area contributed by atoms with E-state index in [2.05, 4.69) is 34.5 Å². The van der Waals surface area contributed by atoms with Crippen LogP contribution in [-0.2, 0) is 4.74 Å². The van der Waals surface area contributed by atoms with E-state index < -0.39 is 0 Å². The molecule has 1 aliphatic rings. The number of hydrogen-bond donors (Lipinski definition) is 1. The van der Waals surface area contributed by atoms with E-state index in [4.69, 9.17) is 4.74 Å². The number of methoxy groups -OCH3 is 1. The Labute approximate surface area is 126 Å². The van der Waals surface area contributed by atoms with Crippen molar-refractivity contribution < 1.29 is 9.53 Å². The predicted molar refractivity (Wildman–Crippen MR) is 84.7 cm³/mol. The van der Waals surface area contributed by atoms with Crippen LogP contribution < -0.4 is 10.2 Å². The average molecular weight is 291 g/mol. The van der Waals surface area contributed by atoms with Gasteiger partial charge in [-0.3, -0.25) is 0 Å². The summed E-state index contributed by atoms with van der Waals surface area (Å²) in [5, 5.41) is 2.91. The van der Waals surface area contributed by atoms with Crippen LogP contribution in [0.15, 0.2) is 24.3 Å². The molecule has 2 amide bonds. The van der Waals surface area contributed by atoms with Crippen molar-refractivity contribution in [2.75, 3.05) is 45.8 Å². The molecule has 1 heterocycles. The monoisotopic (exact) mass is 291 g/mol. The van der Waals surface area contributed by atoms with Crippen molar-refractivity contribution in [1.29, 1.82) is 0 Å². The third-order valence-corrected chi connectivity index (χ3v) is 3.87. The molecule has 5 heteroatoms. The van der Waals surface area contributed by atoms with E-state index in [-0.39, 0.29) is 12.1 Å². The Morgan fingerprint density at radius 1 is 1.48 bits per heavy atom. The first-order valence-corrected chi connectivity index (χ1v) is 7.44. The minimum absolute atomic E-state index is 0.00445. The van der Waals surface area contributed by atoms with Crippen LogP contribution in [0, 0.1) is 0 Å². The molecule has 0 radical (unpaired) electrons. The van der Waals surface area contributed by atoms with E-state index >= 15 is 0 Å². The van der Waals surface area contributed by atoms with Gasteiger partial charge in [0.05, 0.1) is 12.6 Å². The number of nitrogens with one attached hydrogen (secondary N) is 1. The molecule has 0 aromatic heterocycles. The standard InChI is InChI=1S/C16H25N3O2/c1-18(2)14-7-4-6-13(12-14)15-8-5-10-19(15)16(20)17-9-11-21-3/h4,6-7,12,15H,5,8-11H2,1-3H3,(H,17,20)/t15-/m1/s1. The summed E-state index contributed by atoms with van der Waals surface area (Å²) in [6, 6.07) is 8.60. The van der Waals surface area contributed by atoms with Crippen molar-refractivity contribution in [3.05, 3.63) is 29.8 Å². The van der Waals surface area contributed by atoms with Gasteiger partial charge < -0.3 is 19.9 Å². The van der Waals surface area contributed by atoms with Gasteiger partial charge in [-0.2, -0.15) is 0 Å². The summed E-state index contributed by atoms with van der Waals surface area (Å²) in [6.07, 6.45) is 2.07. The summed E-state index contributed by atoms with van der Waals surface area (Å²) < 4.78 is 4.97. The number of rotatable bonds is 5. The topological polar surface area (TPSA) is 44.8 Å². The molecule has 0 aliphatic carbocycles. The molecule has 0 spiro atoms. The number of carbonyl (C=O) groups is 1. The normalized spacial score (nSPS) is 17.9. The Morgan fingerprint density at radius 3 is 3.00 bits per heavy atom. The second kappa shape index (κ2) is 7.31. The van der Waals surface area contributed by atoms with Gasteiger partial charge in [-0.05, 0) is 30.5 Å². The van der Waals surface area contributed by atoms with Crippen LogP contribution in [0.2, 0.25) is 0 Å². The molecule has 1 saturated heterocycles. The lowest BCUT2D eigenvalue weighted by atomic mass is 10.0. The van der Waals surface area contributed by atoms with Crippen molar-refractivity contribution in [2.24, 2.45) is 0 Å². The fourth-order valence-corrected chi connectivity index (χ4v) is 2.73. The number of anilines is 1. The zero-order valence-corrected chi connectivity index (χ0v) is 13.1. The smallest absolute Gasteiger partial charge is 0.317 e. The third kappa shape index (κ3) is 3.88. The van der Waals surface area contributed by atoms with Gasteiger partial charge in [0, 0.05) is 40.0 Å². The number of amides is 2. The van der Waals surface area contributed by atoms with Crippen molar-refractivity contribution >= 4 is 11.7 Å². The summed E-state index contributed by atoms with van der Waals surface area (Å²) in [4.78, 5) is 16.3. The molecule has 1 N–H and O–H groups in total. The molecular weight excluding hydrogens is 266 g/mol. The average Bonchev–Trinajstić information content (AvgIpc) is 2.97. The fourth-order valence-electron chi connectivity index (χ4n) is 2.73. The van der Waals surface area contributed by atoms with E-state index in [0.717, 1.165) is 19.4 Å². The molecule has 1 aromatic rings. The van der Waals surface area contributed by atoms with Gasteiger partial charge in [0.25, 0.3) is 0 Å². The molecular formula is C16H25N3O2. The van der Waals surface area contributed by atoms with Gasteiger partial charge in [0.2, 0.25) is 0 Å². The van der Waals surface area contributed by atoms with Crippen LogP contribution in [0.25, 0.3) is 0 Å². The highest BCUT2D eigenvalue weighted by molar-refractivity contribution is 5.75. The molecule has 2 rings (SSSR count). The fraction of sp³-hybridized carbons (Fsp3) is 0.562. The Bertz CT molecular complexity index is 476. The summed E-state index contributed by atoms with van der Waals surface area (Å²) in [5.41, 5.74) is 2.37. The highest BCUT2D eigenvalue weighted by atomic mass is 16.5. The first-order valence-electron chi connectivity index (χ1n) is 7.44. The zero-order chi connectivity index (χ0) is 15.2. The first-order chi connectivity index (χ1) is 10.1. The van der Waals surface area contributed by atoms with E-state index in [1.54, 1.807) is 7.11 Å². The molecule has 1 aromatic carbocycles. The molecule has 21 heavy (non-hydrogen) atoms. The first kappa shape index (κ1) is 15.6. The number of benzene rings is 1. The van der Waals surface area contributed by atoms with E-state index in [9.17, 15) is 4.79 Å². The second-order valence-electron chi connectivity index (χ2n) is 5.57. The minimum atomic E-state index is 0.00445. The lowest BCUT2D eigenvalue weighted by Gasteiger charge is -2.26. The van der Waals surface area contributed by atoms with Crippen molar-refractivity contribution in [2.45, 2.75) is 18.9 Å². The van der Waals surface area contributed by atoms with Crippen LogP contribution in [-0.4, -0.2) is 51.8 Å². The largest absolute Gasteiger partial charge is 0.383 e. The van der Waals surface area contributed by atoms with Gasteiger partial charge in [-0.25, -0.2) is 4.79 Å². The quantitative estimate of drug-likeness (QED) is 0.846. The van der Waals surface area contributed by atoms with Gasteiger partial charge in [-0.1, -0.05) is 12.1 Å². The van der Waals surface area contributed by atoms with Crippen molar-refractivity contribution in [3.8, 4) is 0 Å². The van der Waals surface area contributed by atoms with Crippen LogP contribution in [0.5, 0.6) is 0 Å². The SMILES string of the molecule is COCCNC(=O)N1CCC[C@@H]1c1cccc(N(C)C)c1. The predicted octanol–water partition coefficient (Wildman–Crippen LogP) is 2.25. The number of carbonyl (C=O) groups excluding carboxylic acids is 1. The van der Waals surface area contributed by atoms with Crippen molar-refractivity contribution in [3.63, 3.8) is 0 Å². The van der Waals surface area contributed by atoms with Crippen molar-refractivity contribution in [1.82, 2.24) is 10.2 Å². The lowest BCUT2D eigenvalue weighted by molar-refractivity contribution is 0.176. The molecule has 1 aliphatic heterocycles. The van der Waals surface area contributed by atoms with E-state index in [0.29, 0.717) is 13.2 Å². The Kier molecular flexibility index (Phi) is 5.44. The van der Waals surface area contributed by atoms with Crippen LogP contribution in [0.1, 0.15) is 24.4 Å². The molecule has 1 atom stereocenters. The number of urea groups is 1. The van der Waals surface area contributed by atoms with Gasteiger partial charge in [0.1, 0.15) is 0 Å². The highest BCUT2D eigenvalue weighted by Crippen LogP contribution is 2.33. The van der Waals surface area contributed by atoms with Gasteiger partial charge in [0.15, 0.2) is 0 Å². The van der Waals surface area contributed by atoms with Gasteiger partial charge >= 0.3 is 6.03 Å². The number of nitrogens with zero attached hydrogens (tertiary/aromatic N) is 2. The van der Waals surface area contributed by atoms with E-state index in [1.165, 1.54) is 11.3 Å². The van der Waals surface area contributed by atoms with Crippen LogP contribution in [0.4, 0.5) is 10.5 Å². The van der Waals surface area contributed by atoms with E-state index in [1.807, 2.05) is 19.0 Å². The van der Waals surface area contributed by atoms with Gasteiger partial charge in [-0.15, -0.1) is 0 Å². The maximum absolute atomic E-state index is 12.3. The maximum atomic E-state index is 12.3. The Balaban J connectivity index is 2.07. The summed E-state index contributed by atoms with van der Waals surface area (Å²) in [5.74, 6) is 0. The summed E-state index contributed by atoms with van der Waals surface area (Å²) in [6.45, 7) is 1.91. The third-order valence-electron chi connectivity index (χ3n) is 3.87. The number of ether oxygens (including phenoxy) is 1. The number of likely N-dealkylation sites (tertiary alicyclic amines) is 1. The van der Waals surface area contributed by atoms with Crippen LogP contribution >= 0.6 is 0 Å². The minimum Gasteiger partial charge on any atom is -0.383 e.